The van der Waals surface area contributed by atoms with E-state index in [-0.39, 0.29) is 45.5 Å². The van der Waals surface area contributed by atoms with E-state index in [2.05, 4.69) is 5.32 Å². The summed E-state index contributed by atoms with van der Waals surface area (Å²) >= 11 is 0. The third-order valence-electron chi connectivity index (χ3n) is 11.5. The Hall–Kier alpha value is -3.81. The van der Waals surface area contributed by atoms with E-state index < -0.39 is 95.1 Å². The van der Waals surface area contributed by atoms with Gasteiger partial charge in [-0.15, -0.1) is 0 Å². The van der Waals surface area contributed by atoms with Gasteiger partial charge in [0.1, 0.15) is 23.8 Å². The molecule has 20 heteroatoms. The van der Waals surface area contributed by atoms with Crippen LogP contribution in [-0.2, 0) is 33.1 Å². The van der Waals surface area contributed by atoms with Crippen molar-refractivity contribution in [1.82, 2.24) is 10.2 Å². The average Bonchev–Trinajstić information content (AvgIpc) is 3.63. The van der Waals surface area contributed by atoms with E-state index in [9.17, 15) is 34.4 Å². The van der Waals surface area contributed by atoms with Crippen molar-refractivity contribution in [3.63, 3.8) is 0 Å². The molecule has 0 bridgehead atoms. The number of methoxy groups -OCH3 is 1. The first-order valence-electron chi connectivity index (χ1n) is 19.1. The van der Waals surface area contributed by atoms with Gasteiger partial charge in [-0.25, -0.2) is 14.4 Å². The number of rotatable bonds is 13. The number of esters is 2. The predicted octanol–water partition coefficient (Wildman–Crippen LogP) is 4.73. The molecule has 3 fully saturated rings. The smallest absolute Gasteiger partial charge is 0.457 e. The Morgan fingerprint density at radius 2 is 1.53 bits per heavy atom. The minimum atomic E-state index is -1.38. The number of nitrogens with one attached hydrogen (secondary N) is 1. The van der Waals surface area contributed by atoms with Crippen molar-refractivity contribution in [1.29, 1.82) is 0 Å². The van der Waals surface area contributed by atoms with Gasteiger partial charge in [0.05, 0.1) is 41.4 Å². The molecule has 18 nitrogen and oxygen atoms in total. The first-order valence-corrected chi connectivity index (χ1v) is 19.1. The van der Waals surface area contributed by atoms with Gasteiger partial charge in [-0.3, -0.25) is 19.8 Å². The molecule has 3 saturated heterocycles. The van der Waals surface area contributed by atoms with E-state index in [1.807, 2.05) is 27.7 Å². The Morgan fingerprint density at radius 3 is 2.00 bits per heavy atom. The number of β-amino-alcohol motifs (C(OH)–C–C–N with tert-alkyl or cyclic N) is 1. The summed E-state index contributed by atoms with van der Waals surface area (Å²) in [7, 11) is -0.612. The number of benzene rings is 1. The number of carboxylic acids is 1. The molecule has 334 valence electrons. The second-order valence-corrected chi connectivity index (χ2v) is 17.4. The monoisotopic (exact) mass is 839 g/mol. The number of carbonyl (C=O) groups excluding carboxylic acids is 3. The number of aliphatic carboxylic acids is 1. The summed E-state index contributed by atoms with van der Waals surface area (Å²) < 4.78 is 28.8. The standard InChI is InChI=1S/C28H41BN2O10.C9H18BNO5.2CH4/c1-25(2,3)39-24(34)30-17-20(38-22(32)18-11-13-19(14-12-18)31(35)36)28(8,21(30)23(33)37-9)15-10-16-29-40-26(4,5)27(6,7)41-29;1-9(3-2-4-10(15)16)6(12)5-11-7(9)8(13)14;;/h11-14,20-21H,10,15-17H2,1-9H3;6-7,11-12,15-16H,2-5H2,1H3,(H,13,14);2*1H4/t20?,21-,28-;6-,7-,9-;;/m11../s1. The zero-order valence-corrected chi connectivity index (χ0v) is 34.6. The summed E-state index contributed by atoms with van der Waals surface area (Å²) in [5.41, 5.74) is -3.72. The van der Waals surface area contributed by atoms with Gasteiger partial charge in [0, 0.05) is 29.5 Å². The highest BCUT2D eigenvalue weighted by Gasteiger charge is 2.59. The van der Waals surface area contributed by atoms with Crippen LogP contribution < -0.4 is 5.32 Å². The molecule has 1 aromatic carbocycles. The largest absolute Gasteiger partial charge is 0.480 e. The average molecular weight is 840 g/mol. The normalized spacial score (nSPS) is 26.7. The molecule has 3 aliphatic heterocycles. The van der Waals surface area contributed by atoms with E-state index in [0.717, 1.165) is 0 Å². The second kappa shape index (κ2) is 20.6. The van der Waals surface area contributed by atoms with Crippen LogP contribution in [0.15, 0.2) is 24.3 Å². The van der Waals surface area contributed by atoms with Crippen LogP contribution in [0.2, 0.25) is 12.6 Å². The number of hydrogen-bond donors (Lipinski definition) is 5. The second-order valence-electron chi connectivity index (χ2n) is 17.4. The van der Waals surface area contributed by atoms with Crippen LogP contribution in [0.1, 0.15) is 113 Å². The number of aliphatic hydroxyl groups is 1. The van der Waals surface area contributed by atoms with Crippen LogP contribution in [0.5, 0.6) is 0 Å². The van der Waals surface area contributed by atoms with Crippen molar-refractivity contribution in [2.75, 3.05) is 20.2 Å². The highest BCUT2D eigenvalue weighted by molar-refractivity contribution is 6.45. The lowest BCUT2D eigenvalue weighted by molar-refractivity contribution is -0.384. The van der Waals surface area contributed by atoms with Crippen LogP contribution in [-0.4, -0.2) is 130 Å². The Bertz CT molecular complexity index is 1590. The van der Waals surface area contributed by atoms with Crippen LogP contribution >= 0.6 is 0 Å². The maximum absolute atomic E-state index is 13.3. The number of ether oxygens (including phenoxy) is 3. The molecule has 0 radical (unpaired) electrons. The number of non-ortho nitro benzene ring substituents is 1. The molecular formula is C39H67B2N3O15. The molecule has 4 rings (SSSR count). The molecule has 0 aromatic heterocycles. The van der Waals surface area contributed by atoms with Gasteiger partial charge in [-0.1, -0.05) is 41.5 Å². The van der Waals surface area contributed by atoms with E-state index in [1.165, 1.54) is 36.3 Å². The van der Waals surface area contributed by atoms with Crippen molar-refractivity contribution in [2.24, 2.45) is 10.8 Å². The van der Waals surface area contributed by atoms with Gasteiger partial charge in [0.25, 0.3) is 5.69 Å². The number of amides is 1. The summed E-state index contributed by atoms with van der Waals surface area (Å²) in [5.74, 6) is -2.39. The Morgan fingerprint density at radius 1 is 0.983 bits per heavy atom. The van der Waals surface area contributed by atoms with Gasteiger partial charge in [-0.05, 0) is 86.1 Å². The Balaban J connectivity index is 0.000000814. The SMILES string of the molecule is C.C.COC(=O)[C@H]1N(C(=O)OC(C)(C)C)CC(OC(=O)c2ccc([N+](=O)[O-])cc2)[C@@]1(C)CCCB1OC(C)(C)C(C)(C)O1.C[C@@]1(CCCB(O)O)[C@H](O)CN[C@@H]1C(=O)O. The minimum absolute atomic E-state index is 0. The fourth-order valence-corrected chi connectivity index (χ4v) is 7.39. The number of nitro benzene ring substituents is 1. The number of aliphatic hydroxyl groups excluding tert-OH is 1. The van der Waals surface area contributed by atoms with Gasteiger partial charge >= 0.3 is 38.2 Å². The van der Waals surface area contributed by atoms with Crippen molar-refractivity contribution < 1.29 is 67.9 Å². The van der Waals surface area contributed by atoms with E-state index >= 15 is 0 Å². The molecule has 1 unspecified atom stereocenters. The molecule has 0 spiro atoms. The highest BCUT2D eigenvalue weighted by atomic mass is 16.7. The Labute approximate surface area is 349 Å². The third kappa shape index (κ3) is 12.8. The summed E-state index contributed by atoms with van der Waals surface area (Å²) in [4.78, 5) is 62.3. The number of hydrogen-bond acceptors (Lipinski definition) is 15. The fraction of sp³-hybridized carbons (Fsp3) is 0.744. The summed E-state index contributed by atoms with van der Waals surface area (Å²) in [5, 5.41) is 50.0. The predicted molar refractivity (Wildman–Crippen MR) is 221 cm³/mol. The van der Waals surface area contributed by atoms with Crippen molar-refractivity contribution in [3.05, 3.63) is 39.9 Å². The molecule has 3 aliphatic rings. The Kier molecular flexibility index (Phi) is 18.6. The van der Waals surface area contributed by atoms with Crippen LogP contribution in [0, 0.1) is 20.9 Å². The number of carbonyl (C=O) groups is 4. The van der Waals surface area contributed by atoms with Crippen LogP contribution in [0.4, 0.5) is 10.5 Å². The molecule has 59 heavy (non-hydrogen) atoms. The number of likely N-dealkylation sites (tertiary alicyclic amines) is 1. The maximum atomic E-state index is 13.3. The number of carboxylic acid groups (broad SMARTS) is 1. The molecule has 6 atom stereocenters. The molecule has 0 aliphatic carbocycles. The summed E-state index contributed by atoms with van der Waals surface area (Å²) in [6.07, 6.45) is 0.110. The zero-order valence-electron chi connectivity index (χ0n) is 34.6. The van der Waals surface area contributed by atoms with Crippen molar-refractivity contribution >= 4 is 43.9 Å². The summed E-state index contributed by atoms with van der Waals surface area (Å²) in [6.45, 7) is 16.6. The van der Waals surface area contributed by atoms with Crippen LogP contribution in [0.3, 0.4) is 0 Å². The van der Waals surface area contributed by atoms with E-state index in [0.29, 0.717) is 32.0 Å². The highest BCUT2D eigenvalue weighted by Crippen LogP contribution is 2.46. The lowest BCUT2D eigenvalue weighted by Crippen LogP contribution is -2.50. The van der Waals surface area contributed by atoms with E-state index in [4.69, 9.17) is 38.7 Å². The first-order chi connectivity index (χ1) is 26.2. The minimum Gasteiger partial charge on any atom is -0.480 e. The van der Waals surface area contributed by atoms with Gasteiger partial charge < -0.3 is 49.1 Å². The lowest BCUT2D eigenvalue weighted by Gasteiger charge is -2.35. The maximum Gasteiger partial charge on any atom is 0.457 e. The molecule has 0 saturated carbocycles. The first kappa shape index (κ1) is 53.2. The van der Waals surface area contributed by atoms with E-state index in [1.54, 1.807) is 34.6 Å². The third-order valence-corrected chi connectivity index (χ3v) is 11.5. The zero-order chi connectivity index (χ0) is 43.3. The number of nitro groups is 1. The molecule has 1 aromatic rings. The van der Waals surface area contributed by atoms with Crippen molar-refractivity contribution in [2.45, 2.75) is 157 Å². The molecule has 3 heterocycles. The quantitative estimate of drug-likeness (QED) is 0.0592. The summed E-state index contributed by atoms with van der Waals surface area (Å²) in [6, 6.07) is 3.13. The van der Waals surface area contributed by atoms with Gasteiger partial charge in [-0.2, -0.15) is 0 Å². The van der Waals surface area contributed by atoms with Gasteiger partial charge in [0.15, 0.2) is 0 Å². The van der Waals surface area contributed by atoms with Gasteiger partial charge in [0.2, 0.25) is 0 Å². The van der Waals surface area contributed by atoms with Crippen molar-refractivity contribution in [3.8, 4) is 0 Å². The molecular weight excluding hydrogens is 772 g/mol. The molecule has 1 amide bonds. The lowest BCUT2D eigenvalue weighted by atomic mass is 9.72. The topological polar surface area (TPSA) is 254 Å². The van der Waals surface area contributed by atoms with Crippen LogP contribution in [0.25, 0.3) is 0 Å². The number of nitrogens with zero attached hydrogens (tertiary/aromatic N) is 2. The molecule has 5 N–H and O–H groups in total. The fourth-order valence-electron chi connectivity index (χ4n) is 7.39.